The molecular formula is C22H23N3O2. The molecule has 1 aliphatic heterocycles. The van der Waals surface area contributed by atoms with Gasteiger partial charge in [0.1, 0.15) is 12.2 Å². The summed E-state index contributed by atoms with van der Waals surface area (Å²) in [4.78, 5) is 13.1. The van der Waals surface area contributed by atoms with Gasteiger partial charge in [0.15, 0.2) is 5.78 Å². The van der Waals surface area contributed by atoms with Gasteiger partial charge in [-0.3, -0.25) is 9.48 Å². The van der Waals surface area contributed by atoms with E-state index in [4.69, 9.17) is 9.84 Å². The van der Waals surface area contributed by atoms with Crippen LogP contribution in [0.4, 0.5) is 0 Å². The van der Waals surface area contributed by atoms with Crippen molar-refractivity contribution in [3.8, 4) is 17.3 Å². The first kappa shape index (κ1) is 16.7. The number of nitriles is 1. The van der Waals surface area contributed by atoms with Crippen molar-refractivity contribution in [3.05, 3.63) is 41.6 Å². The van der Waals surface area contributed by atoms with Crippen LogP contribution in [0.5, 0.6) is 0 Å². The normalized spacial score (nSPS) is 35.6. The molecule has 5 heteroatoms. The average molecular weight is 361 g/mol. The molecule has 138 valence electrons. The number of hydrogen-bond acceptors (Lipinski definition) is 4. The predicted octanol–water partition coefficient (Wildman–Crippen LogP) is 3.18. The van der Waals surface area contributed by atoms with E-state index < -0.39 is 22.5 Å². The van der Waals surface area contributed by atoms with Crippen molar-refractivity contribution in [2.24, 2.45) is 18.4 Å². The molecule has 2 heterocycles. The first-order valence-electron chi connectivity index (χ1n) is 9.54. The topological polar surface area (TPSA) is 71.2 Å². The van der Waals surface area contributed by atoms with Crippen LogP contribution in [-0.4, -0.2) is 27.3 Å². The van der Waals surface area contributed by atoms with Crippen molar-refractivity contribution in [1.82, 2.24) is 9.78 Å². The van der Waals surface area contributed by atoms with Gasteiger partial charge in [-0.15, -0.1) is 0 Å². The number of aryl methyl sites for hydroxylation is 1. The van der Waals surface area contributed by atoms with E-state index in [9.17, 15) is 10.1 Å². The summed E-state index contributed by atoms with van der Waals surface area (Å²) in [5.41, 5.74) is 2.16. The Kier molecular flexibility index (Phi) is 3.02. The zero-order valence-corrected chi connectivity index (χ0v) is 16.1. The fraction of sp³-hybridized carbons (Fsp3) is 0.500. The lowest BCUT2D eigenvalue weighted by Gasteiger charge is -2.50. The fourth-order valence-electron chi connectivity index (χ4n) is 6.01. The molecule has 0 radical (unpaired) electrons. The van der Waals surface area contributed by atoms with E-state index in [-0.39, 0.29) is 11.7 Å². The van der Waals surface area contributed by atoms with Crippen molar-refractivity contribution in [2.45, 2.75) is 50.7 Å². The lowest BCUT2D eigenvalue weighted by atomic mass is 9.49. The third-order valence-corrected chi connectivity index (χ3v) is 7.23. The predicted molar refractivity (Wildman–Crippen MR) is 99.8 cm³/mol. The van der Waals surface area contributed by atoms with Crippen LogP contribution in [-0.2, 0) is 28.4 Å². The first-order valence-corrected chi connectivity index (χ1v) is 9.54. The molecule has 1 saturated carbocycles. The summed E-state index contributed by atoms with van der Waals surface area (Å²) >= 11 is 0. The van der Waals surface area contributed by atoms with Crippen LogP contribution in [0.3, 0.4) is 0 Å². The van der Waals surface area contributed by atoms with Crippen LogP contribution in [0.25, 0.3) is 11.3 Å². The number of ketones is 1. The number of epoxide rings is 1. The van der Waals surface area contributed by atoms with Crippen molar-refractivity contribution in [3.63, 3.8) is 0 Å². The summed E-state index contributed by atoms with van der Waals surface area (Å²) in [6.45, 7) is 6.10. The van der Waals surface area contributed by atoms with Gasteiger partial charge in [-0.05, 0) is 18.8 Å². The van der Waals surface area contributed by atoms with Crippen LogP contribution in [0.1, 0.15) is 38.4 Å². The Morgan fingerprint density at radius 1 is 1.26 bits per heavy atom. The van der Waals surface area contributed by atoms with Gasteiger partial charge in [-0.2, -0.15) is 10.4 Å². The Morgan fingerprint density at radius 2 is 1.96 bits per heavy atom. The third kappa shape index (κ3) is 1.77. The largest absolute Gasteiger partial charge is 0.342 e. The zero-order chi connectivity index (χ0) is 19.2. The number of carbonyl (C=O) groups is 1. The third-order valence-electron chi connectivity index (χ3n) is 7.23. The zero-order valence-electron chi connectivity index (χ0n) is 16.1. The van der Waals surface area contributed by atoms with Crippen LogP contribution in [0.15, 0.2) is 30.3 Å². The molecule has 4 atom stereocenters. The van der Waals surface area contributed by atoms with Gasteiger partial charge in [0, 0.05) is 29.0 Å². The summed E-state index contributed by atoms with van der Waals surface area (Å²) in [6, 6.07) is 12.5. The highest BCUT2D eigenvalue weighted by Crippen LogP contribution is 2.66. The summed E-state index contributed by atoms with van der Waals surface area (Å²) in [7, 11) is 1.98. The summed E-state index contributed by atoms with van der Waals surface area (Å²) in [5, 5.41) is 14.7. The standard InChI is InChI=1S/C22H23N3O2/c1-20(2)15-11-10-14-16(13-8-6-5-7-9-13)25(4)24-17(14)21(15,3)19-22(12-23,27-19)18(20)26/h5-9,15,19H,10-11H2,1-4H3/t15-,19+,21-,22-/m0/s1. The van der Waals surface area contributed by atoms with Crippen molar-refractivity contribution < 1.29 is 9.53 Å². The Morgan fingerprint density at radius 3 is 2.63 bits per heavy atom. The molecule has 1 saturated heterocycles. The lowest BCUT2D eigenvalue weighted by molar-refractivity contribution is -0.137. The molecule has 5 nitrogen and oxygen atoms in total. The van der Waals surface area contributed by atoms with Gasteiger partial charge in [-0.25, -0.2) is 0 Å². The van der Waals surface area contributed by atoms with Gasteiger partial charge < -0.3 is 4.74 Å². The van der Waals surface area contributed by atoms with E-state index in [1.165, 1.54) is 5.56 Å². The Labute approximate surface area is 158 Å². The molecule has 5 rings (SSSR count). The minimum atomic E-state index is -1.30. The van der Waals surface area contributed by atoms with E-state index in [1.54, 1.807) is 0 Å². The SMILES string of the molecule is Cn1nc2c(c1-c1ccccc1)CC[C@H]1C(C)(C)C(=O)[C@]3(C#N)O[C@@H]3[C@]21C. The Balaban J connectivity index is 1.73. The summed E-state index contributed by atoms with van der Waals surface area (Å²) < 4.78 is 7.84. The number of carbonyl (C=O) groups excluding carboxylic acids is 1. The Hall–Kier alpha value is -2.45. The van der Waals surface area contributed by atoms with Crippen molar-refractivity contribution in [1.29, 1.82) is 5.26 Å². The molecule has 0 spiro atoms. The van der Waals surface area contributed by atoms with Crippen LogP contribution in [0, 0.1) is 22.7 Å². The maximum atomic E-state index is 13.1. The molecule has 1 aromatic carbocycles. The molecule has 2 aliphatic carbocycles. The van der Waals surface area contributed by atoms with Gasteiger partial charge >= 0.3 is 0 Å². The molecule has 3 aliphatic rings. The molecule has 1 aromatic heterocycles. The highest BCUT2D eigenvalue weighted by molar-refractivity contribution is 6.00. The summed E-state index contributed by atoms with van der Waals surface area (Å²) in [5.74, 6) is 0.0464. The van der Waals surface area contributed by atoms with Gasteiger partial charge in [-0.1, -0.05) is 51.1 Å². The van der Waals surface area contributed by atoms with Crippen molar-refractivity contribution >= 4 is 5.78 Å². The van der Waals surface area contributed by atoms with Crippen LogP contribution < -0.4 is 0 Å². The van der Waals surface area contributed by atoms with Gasteiger partial charge in [0.25, 0.3) is 0 Å². The number of ether oxygens (including phenoxy) is 1. The monoisotopic (exact) mass is 361 g/mol. The van der Waals surface area contributed by atoms with Gasteiger partial charge in [0.2, 0.25) is 5.60 Å². The maximum absolute atomic E-state index is 13.1. The average Bonchev–Trinajstić information content (AvgIpc) is 3.32. The molecule has 0 bridgehead atoms. The maximum Gasteiger partial charge on any atom is 0.240 e. The number of fused-ring (bicyclic) bond motifs is 5. The van der Waals surface area contributed by atoms with Crippen LogP contribution >= 0.6 is 0 Å². The molecule has 0 N–H and O–H groups in total. The van der Waals surface area contributed by atoms with E-state index in [2.05, 4.69) is 25.1 Å². The number of aromatic nitrogens is 2. The molecular weight excluding hydrogens is 338 g/mol. The van der Waals surface area contributed by atoms with Crippen LogP contribution in [0.2, 0.25) is 0 Å². The van der Waals surface area contributed by atoms with E-state index >= 15 is 0 Å². The van der Waals surface area contributed by atoms with E-state index in [0.717, 1.165) is 29.8 Å². The number of rotatable bonds is 1. The van der Waals surface area contributed by atoms with E-state index in [1.807, 2.05) is 43.8 Å². The number of nitrogens with zero attached hydrogens (tertiary/aromatic N) is 3. The molecule has 2 aromatic rings. The molecule has 27 heavy (non-hydrogen) atoms. The number of Topliss-reactive ketones (excluding diaryl/α,β-unsaturated/α-hetero) is 1. The highest BCUT2D eigenvalue weighted by Gasteiger charge is 2.80. The second-order valence-corrected chi connectivity index (χ2v) is 8.94. The second-order valence-electron chi connectivity index (χ2n) is 8.94. The fourth-order valence-corrected chi connectivity index (χ4v) is 6.01. The molecule has 0 amide bonds. The quantitative estimate of drug-likeness (QED) is 0.732. The molecule has 0 unspecified atom stereocenters. The van der Waals surface area contributed by atoms with Crippen molar-refractivity contribution in [2.75, 3.05) is 0 Å². The second kappa shape index (κ2) is 4.88. The Bertz CT molecular complexity index is 1020. The number of benzene rings is 1. The smallest absolute Gasteiger partial charge is 0.240 e. The first-order chi connectivity index (χ1) is 12.8. The summed E-state index contributed by atoms with van der Waals surface area (Å²) in [6.07, 6.45) is 1.38. The van der Waals surface area contributed by atoms with E-state index in [0.29, 0.717) is 0 Å². The molecule has 2 fully saturated rings. The lowest BCUT2D eigenvalue weighted by Crippen LogP contribution is -2.60. The minimum absolute atomic E-state index is 0.0624. The number of hydrogen-bond donors (Lipinski definition) is 0. The highest BCUT2D eigenvalue weighted by atomic mass is 16.6. The minimum Gasteiger partial charge on any atom is -0.342 e. The van der Waals surface area contributed by atoms with Gasteiger partial charge in [0.05, 0.1) is 11.4 Å².